The molecule has 0 saturated carbocycles. The molecule has 5 heteroatoms. The molecule has 0 fully saturated rings. The van der Waals surface area contributed by atoms with Gasteiger partial charge in [-0.15, -0.1) is 0 Å². The van der Waals surface area contributed by atoms with Crippen molar-refractivity contribution in [2.24, 2.45) is 0 Å². The quantitative estimate of drug-likeness (QED) is 0.650. The summed E-state index contributed by atoms with van der Waals surface area (Å²) in [7, 11) is 1.59. The molecule has 1 heterocycles. The number of hydrogen-bond donors (Lipinski definition) is 1. The summed E-state index contributed by atoms with van der Waals surface area (Å²) in [5.74, 6) is 0.209. The fourth-order valence-corrected chi connectivity index (χ4v) is 3.20. The number of fused-ring (bicyclic) bond motifs is 1. The van der Waals surface area contributed by atoms with Gasteiger partial charge in [0.25, 0.3) is 5.91 Å². The van der Waals surface area contributed by atoms with Gasteiger partial charge in [-0.05, 0) is 42.7 Å². The fraction of sp³-hybridized carbons (Fsp3) is 0.273. The van der Waals surface area contributed by atoms with E-state index in [1.54, 1.807) is 19.2 Å². The van der Waals surface area contributed by atoms with Gasteiger partial charge in [-0.25, -0.2) is 4.79 Å². The summed E-state index contributed by atoms with van der Waals surface area (Å²) in [6, 6.07) is 12.8. The van der Waals surface area contributed by atoms with E-state index in [-0.39, 0.29) is 5.56 Å². The lowest BCUT2D eigenvalue weighted by atomic mass is 10.0. The van der Waals surface area contributed by atoms with Gasteiger partial charge in [0.05, 0.1) is 7.11 Å². The standard InChI is InChI=1S/C22H23NO4/c1-4-8-16-19(26-3)12-11-15-13-17(22(25)27-20(15)16)21(24)23-18-10-7-6-9-14(18)5-2/h6-7,9-13H,4-5,8H2,1-3H3,(H,23,24). The number of para-hydroxylation sites is 1. The molecule has 1 N–H and O–H groups in total. The van der Waals surface area contributed by atoms with Gasteiger partial charge >= 0.3 is 5.63 Å². The van der Waals surface area contributed by atoms with E-state index in [0.717, 1.165) is 30.4 Å². The minimum Gasteiger partial charge on any atom is -0.496 e. The van der Waals surface area contributed by atoms with Gasteiger partial charge in [0.15, 0.2) is 0 Å². The zero-order chi connectivity index (χ0) is 19.4. The highest BCUT2D eigenvalue weighted by Gasteiger charge is 2.18. The van der Waals surface area contributed by atoms with Crippen molar-refractivity contribution in [3.8, 4) is 5.75 Å². The Kier molecular flexibility index (Phi) is 5.60. The van der Waals surface area contributed by atoms with Gasteiger partial charge in [0, 0.05) is 16.6 Å². The predicted octanol–water partition coefficient (Wildman–Crippen LogP) is 4.57. The van der Waals surface area contributed by atoms with Crippen molar-refractivity contribution in [3.05, 3.63) is 69.6 Å². The maximum Gasteiger partial charge on any atom is 0.349 e. The highest BCUT2D eigenvalue weighted by Crippen LogP contribution is 2.29. The first kappa shape index (κ1) is 18.7. The second kappa shape index (κ2) is 8.08. The predicted molar refractivity (Wildman–Crippen MR) is 107 cm³/mol. The average Bonchev–Trinajstić information content (AvgIpc) is 2.68. The molecule has 0 aliphatic heterocycles. The molecular weight excluding hydrogens is 342 g/mol. The number of carbonyl (C=O) groups is 1. The maximum atomic E-state index is 12.7. The van der Waals surface area contributed by atoms with Crippen LogP contribution in [0.5, 0.6) is 5.75 Å². The van der Waals surface area contributed by atoms with E-state index in [1.165, 1.54) is 0 Å². The molecule has 0 spiro atoms. The van der Waals surface area contributed by atoms with Crippen LogP contribution in [-0.2, 0) is 12.8 Å². The molecule has 5 nitrogen and oxygen atoms in total. The fourth-order valence-electron chi connectivity index (χ4n) is 3.20. The number of amides is 1. The highest BCUT2D eigenvalue weighted by atomic mass is 16.5. The SMILES string of the molecule is CCCc1c(OC)ccc2cc(C(=O)Nc3ccccc3CC)c(=O)oc12. The van der Waals surface area contributed by atoms with E-state index >= 15 is 0 Å². The maximum absolute atomic E-state index is 12.7. The number of carbonyl (C=O) groups excluding carboxylic acids is 1. The van der Waals surface area contributed by atoms with Crippen molar-refractivity contribution < 1.29 is 13.9 Å². The van der Waals surface area contributed by atoms with Crippen molar-refractivity contribution in [2.45, 2.75) is 33.1 Å². The molecule has 1 aromatic heterocycles. The Hall–Kier alpha value is -3.08. The van der Waals surface area contributed by atoms with Crippen LogP contribution in [0, 0.1) is 0 Å². The third-order valence-corrected chi connectivity index (χ3v) is 4.57. The monoisotopic (exact) mass is 365 g/mol. The first-order chi connectivity index (χ1) is 13.1. The van der Waals surface area contributed by atoms with Crippen molar-refractivity contribution in [3.63, 3.8) is 0 Å². The normalized spacial score (nSPS) is 10.8. The molecule has 0 atom stereocenters. The topological polar surface area (TPSA) is 68.5 Å². The molecule has 1 amide bonds. The zero-order valence-corrected chi connectivity index (χ0v) is 15.8. The Bertz CT molecular complexity index is 1040. The number of hydrogen-bond acceptors (Lipinski definition) is 4. The van der Waals surface area contributed by atoms with Crippen LogP contribution in [0.4, 0.5) is 5.69 Å². The largest absolute Gasteiger partial charge is 0.496 e. The van der Waals surface area contributed by atoms with E-state index in [2.05, 4.69) is 5.32 Å². The lowest BCUT2D eigenvalue weighted by Crippen LogP contribution is -2.21. The number of methoxy groups -OCH3 is 1. The van der Waals surface area contributed by atoms with Crippen LogP contribution in [0.2, 0.25) is 0 Å². The first-order valence-electron chi connectivity index (χ1n) is 9.12. The summed E-state index contributed by atoms with van der Waals surface area (Å²) in [4.78, 5) is 25.2. The van der Waals surface area contributed by atoms with Gasteiger partial charge < -0.3 is 14.5 Å². The Morgan fingerprint density at radius 3 is 2.63 bits per heavy atom. The third-order valence-electron chi connectivity index (χ3n) is 4.57. The third kappa shape index (κ3) is 3.72. The van der Waals surface area contributed by atoms with E-state index in [1.807, 2.05) is 44.2 Å². The Balaban J connectivity index is 2.04. The number of benzene rings is 2. The molecule has 0 saturated heterocycles. The number of nitrogens with one attached hydrogen (secondary N) is 1. The summed E-state index contributed by atoms with van der Waals surface area (Å²) < 4.78 is 10.9. The molecule has 3 aromatic rings. The van der Waals surface area contributed by atoms with Crippen molar-refractivity contribution >= 4 is 22.6 Å². The summed E-state index contributed by atoms with van der Waals surface area (Å²) in [6.45, 7) is 4.06. The number of rotatable bonds is 6. The second-order valence-electron chi connectivity index (χ2n) is 6.33. The van der Waals surface area contributed by atoms with Gasteiger partial charge in [0.2, 0.25) is 0 Å². The van der Waals surface area contributed by atoms with Crippen LogP contribution in [0.1, 0.15) is 41.8 Å². The van der Waals surface area contributed by atoms with Gasteiger partial charge in [0.1, 0.15) is 16.9 Å². The van der Waals surface area contributed by atoms with Crippen LogP contribution >= 0.6 is 0 Å². The van der Waals surface area contributed by atoms with Crippen LogP contribution < -0.4 is 15.7 Å². The smallest absolute Gasteiger partial charge is 0.349 e. The molecule has 0 aliphatic carbocycles. The van der Waals surface area contributed by atoms with Crippen LogP contribution in [-0.4, -0.2) is 13.0 Å². The Morgan fingerprint density at radius 1 is 1.15 bits per heavy atom. The minimum atomic E-state index is -0.653. The summed E-state index contributed by atoms with van der Waals surface area (Å²) in [5, 5.41) is 3.52. The van der Waals surface area contributed by atoms with Crippen LogP contribution in [0.25, 0.3) is 11.0 Å². The summed E-state index contributed by atoms with van der Waals surface area (Å²) in [5.41, 5.74) is 2.36. The van der Waals surface area contributed by atoms with Gasteiger partial charge in [-0.1, -0.05) is 38.5 Å². The molecule has 27 heavy (non-hydrogen) atoms. The van der Waals surface area contributed by atoms with Crippen LogP contribution in [0.3, 0.4) is 0 Å². The molecule has 0 unspecified atom stereocenters. The number of aryl methyl sites for hydroxylation is 2. The number of anilines is 1. The molecule has 140 valence electrons. The molecule has 3 rings (SSSR count). The first-order valence-corrected chi connectivity index (χ1v) is 9.12. The second-order valence-corrected chi connectivity index (χ2v) is 6.33. The molecular formula is C22H23NO4. The van der Waals surface area contributed by atoms with E-state index in [0.29, 0.717) is 22.4 Å². The minimum absolute atomic E-state index is 0.0129. The molecule has 0 bridgehead atoms. The zero-order valence-electron chi connectivity index (χ0n) is 15.8. The molecule has 0 aliphatic rings. The van der Waals surface area contributed by atoms with Crippen molar-refractivity contribution in [2.75, 3.05) is 12.4 Å². The van der Waals surface area contributed by atoms with Gasteiger partial charge in [-0.3, -0.25) is 4.79 Å². The van der Waals surface area contributed by atoms with E-state index < -0.39 is 11.5 Å². The summed E-state index contributed by atoms with van der Waals surface area (Å²) in [6.07, 6.45) is 2.39. The van der Waals surface area contributed by atoms with Crippen LogP contribution in [0.15, 0.2) is 51.7 Å². The lowest BCUT2D eigenvalue weighted by molar-refractivity contribution is 0.102. The summed E-state index contributed by atoms with van der Waals surface area (Å²) >= 11 is 0. The lowest BCUT2D eigenvalue weighted by Gasteiger charge is -2.12. The Labute approximate surface area is 158 Å². The van der Waals surface area contributed by atoms with Crippen molar-refractivity contribution in [1.82, 2.24) is 0 Å². The van der Waals surface area contributed by atoms with E-state index in [9.17, 15) is 9.59 Å². The van der Waals surface area contributed by atoms with Crippen molar-refractivity contribution in [1.29, 1.82) is 0 Å². The van der Waals surface area contributed by atoms with E-state index in [4.69, 9.17) is 9.15 Å². The molecule has 0 radical (unpaired) electrons. The number of ether oxygens (including phenoxy) is 1. The molecule has 2 aromatic carbocycles. The Morgan fingerprint density at radius 2 is 1.93 bits per heavy atom. The van der Waals surface area contributed by atoms with Gasteiger partial charge in [-0.2, -0.15) is 0 Å². The average molecular weight is 365 g/mol. The highest BCUT2D eigenvalue weighted by molar-refractivity contribution is 6.06.